The minimum atomic E-state index is 0.227. The molecule has 1 amide bonds. The predicted molar refractivity (Wildman–Crippen MR) is 96.8 cm³/mol. The van der Waals surface area contributed by atoms with Crippen molar-refractivity contribution in [1.82, 2.24) is 15.0 Å². The third kappa shape index (κ3) is 3.73. The molecule has 0 unspecified atom stereocenters. The van der Waals surface area contributed by atoms with Crippen molar-refractivity contribution >= 4 is 17.7 Å². The molecule has 1 aliphatic heterocycles. The van der Waals surface area contributed by atoms with Crippen LogP contribution in [-0.2, 0) is 17.6 Å². The summed E-state index contributed by atoms with van der Waals surface area (Å²) < 4.78 is 5.27. The van der Waals surface area contributed by atoms with Crippen LogP contribution in [0.2, 0.25) is 0 Å². The van der Waals surface area contributed by atoms with Gasteiger partial charge in [0.25, 0.3) is 0 Å². The average Bonchev–Trinajstić information content (AvgIpc) is 3.28. The van der Waals surface area contributed by atoms with Gasteiger partial charge in [0.05, 0.1) is 5.75 Å². The van der Waals surface area contributed by atoms with Gasteiger partial charge in [-0.2, -0.15) is 4.98 Å². The fourth-order valence-electron chi connectivity index (χ4n) is 3.73. The molecule has 2 heterocycles. The van der Waals surface area contributed by atoms with Gasteiger partial charge in [-0.15, -0.1) is 11.8 Å². The molecule has 5 nitrogen and oxygen atoms in total. The number of likely N-dealkylation sites (tertiary alicyclic amines) is 1. The summed E-state index contributed by atoms with van der Waals surface area (Å²) in [5, 5.41) is 3.86. The van der Waals surface area contributed by atoms with Crippen LogP contribution < -0.4 is 0 Å². The second-order valence-corrected chi connectivity index (χ2v) is 7.96. The standard InChI is InChI=1S/C19H23N3O2S/c1-13-20-19(24-21-13)15-7-9-22(10-8-15)18(23)12-25-17-6-5-14-3-2-4-16(14)11-17/h5-6,11,15H,2-4,7-10,12H2,1H3. The highest BCUT2D eigenvalue weighted by Crippen LogP contribution is 2.29. The summed E-state index contributed by atoms with van der Waals surface area (Å²) in [5.41, 5.74) is 2.95. The maximum absolute atomic E-state index is 12.5. The van der Waals surface area contributed by atoms with Gasteiger partial charge in [-0.3, -0.25) is 4.79 Å². The quantitative estimate of drug-likeness (QED) is 0.785. The van der Waals surface area contributed by atoms with Crippen molar-refractivity contribution in [3.8, 4) is 0 Å². The van der Waals surface area contributed by atoms with Gasteiger partial charge in [0.15, 0.2) is 5.82 Å². The van der Waals surface area contributed by atoms with Crippen molar-refractivity contribution in [2.24, 2.45) is 0 Å². The third-order valence-electron chi connectivity index (χ3n) is 5.17. The highest BCUT2D eigenvalue weighted by Gasteiger charge is 2.27. The van der Waals surface area contributed by atoms with E-state index in [4.69, 9.17) is 4.52 Å². The number of aromatic nitrogens is 2. The topological polar surface area (TPSA) is 59.2 Å². The molecule has 2 aromatic rings. The second-order valence-electron chi connectivity index (χ2n) is 6.91. The summed E-state index contributed by atoms with van der Waals surface area (Å²) in [4.78, 5) is 20.0. The SMILES string of the molecule is Cc1noc(C2CCN(C(=O)CSc3ccc4c(c3)CCC4)CC2)n1. The molecule has 4 rings (SSSR count). The number of carbonyl (C=O) groups excluding carboxylic acids is 1. The van der Waals surface area contributed by atoms with E-state index < -0.39 is 0 Å². The van der Waals surface area contributed by atoms with Crippen molar-refractivity contribution in [2.45, 2.75) is 49.8 Å². The summed E-state index contributed by atoms with van der Waals surface area (Å²) in [7, 11) is 0. The van der Waals surface area contributed by atoms with E-state index >= 15 is 0 Å². The van der Waals surface area contributed by atoms with Gasteiger partial charge in [-0.1, -0.05) is 11.2 Å². The Balaban J connectivity index is 1.28. The van der Waals surface area contributed by atoms with Crippen molar-refractivity contribution in [3.63, 3.8) is 0 Å². The van der Waals surface area contributed by atoms with E-state index in [-0.39, 0.29) is 11.8 Å². The Bertz CT molecular complexity index is 766. The molecule has 2 aliphatic rings. The van der Waals surface area contributed by atoms with Crippen LogP contribution in [0.3, 0.4) is 0 Å². The van der Waals surface area contributed by atoms with Crippen LogP contribution in [0.25, 0.3) is 0 Å². The number of carbonyl (C=O) groups is 1. The number of piperidine rings is 1. The highest BCUT2D eigenvalue weighted by atomic mass is 32.2. The number of rotatable bonds is 4. The minimum Gasteiger partial charge on any atom is -0.342 e. The van der Waals surface area contributed by atoms with Gasteiger partial charge in [0.1, 0.15) is 0 Å². The Morgan fingerprint density at radius 1 is 1.28 bits per heavy atom. The zero-order chi connectivity index (χ0) is 17.2. The minimum absolute atomic E-state index is 0.227. The summed E-state index contributed by atoms with van der Waals surface area (Å²) in [5.74, 6) is 2.43. The van der Waals surface area contributed by atoms with Crippen LogP contribution in [0.1, 0.15) is 48.0 Å². The first-order valence-corrected chi connectivity index (χ1v) is 10.00. The van der Waals surface area contributed by atoms with Gasteiger partial charge in [0, 0.05) is 23.9 Å². The molecule has 25 heavy (non-hydrogen) atoms. The van der Waals surface area contributed by atoms with Crippen LogP contribution in [-0.4, -0.2) is 39.8 Å². The molecular formula is C19H23N3O2S. The normalized spacial score (nSPS) is 17.7. The van der Waals surface area contributed by atoms with Crippen LogP contribution in [0.15, 0.2) is 27.6 Å². The smallest absolute Gasteiger partial charge is 0.232 e. The number of hydrogen-bond donors (Lipinski definition) is 0. The number of nitrogens with zero attached hydrogens (tertiary/aromatic N) is 3. The van der Waals surface area contributed by atoms with E-state index in [1.165, 1.54) is 35.3 Å². The molecule has 1 aliphatic carbocycles. The molecule has 132 valence electrons. The lowest BCUT2D eigenvalue weighted by Crippen LogP contribution is -2.39. The fraction of sp³-hybridized carbons (Fsp3) is 0.526. The predicted octanol–water partition coefficient (Wildman–Crippen LogP) is 3.37. The molecule has 0 radical (unpaired) electrons. The largest absolute Gasteiger partial charge is 0.342 e. The molecule has 1 aromatic heterocycles. The van der Waals surface area contributed by atoms with Crippen LogP contribution in [0.4, 0.5) is 0 Å². The molecular weight excluding hydrogens is 334 g/mol. The lowest BCUT2D eigenvalue weighted by Gasteiger charge is -2.30. The zero-order valence-electron chi connectivity index (χ0n) is 14.5. The van der Waals surface area contributed by atoms with Crippen LogP contribution in [0, 0.1) is 6.92 Å². The van der Waals surface area contributed by atoms with Crippen molar-refractivity contribution in [3.05, 3.63) is 41.0 Å². The molecule has 0 saturated carbocycles. The molecule has 1 saturated heterocycles. The summed E-state index contributed by atoms with van der Waals surface area (Å²) >= 11 is 1.66. The van der Waals surface area contributed by atoms with Crippen molar-refractivity contribution in [2.75, 3.05) is 18.8 Å². The molecule has 0 N–H and O–H groups in total. The Morgan fingerprint density at radius 3 is 2.84 bits per heavy atom. The van der Waals surface area contributed by atoms with Crippen LogP contribution in [0.5, 0.6) is 0 Å². The Hall–Kier alpha value is -1.82. The Kier molecular flexibility index (Phi) is 4.79. The first-order valence-electron chi connectivity index (χ1n) is 9.01. The van der Waals surface area contributed by atoms with Gasteiger partial charge >= 0.3 is 0 Å². The van der Waals surface area contributed by atoms with E-state index in [0.29, 0.717) is 11.6 Å². The van der Waals surface area contributed by atoms with Crippen molar-refractivity contribution < 1.29 is 9.32 Å². The van der Waals surface area contributed by atoms with Gasteiger partial charge < -0.3 is 9.42 Å². The first kappa shape index (κ1) is 16.6. The fourth-order valence-corrected chi connectivity index (χ4v) is 4.59. The number of benzene rings is 1. The number of aryl methyl sites for hydroxylation is 3. The van der Waals surface area contributed by atoms with E-state index in [2.05, 4.69) is 28.3 Å². The van der Waals surface area contributed by atoms with Gasteiger partial charge in [-0.05, 0) is 62.3 Å². The monoisotopic (exact) mass is 357 g/mol. The van der Waals surface area contributed by atoms with Gasteiger partial charge in [-0.25, -0.2) is 0 Å². The molecule has 0 bridgehead atoms. The second kappa shape index (κ2) is 7.20. The number of amides is 1. The molecule has 6 heteroatoms. The molecule has 1 aromatic carbocycles. The molecule has 0 atom stereocenters. The van der Waals surface area contributed by atoms with E-state index in [0.717, 1.165) is 31.8 Å². The third-order valence-corrected chi connectivity index (χ3v) is 6.15. The average molecular weight is 357 g/mol. The zero-order valence-corrected chi connectivity index (χ0v) is 15.3. The summed E-state index contributed by atoms with van der Waals surface area (Å²) in [6.45, 7) is 3.38. The van der Waals surface area contributed by atoms with E-state index in [1.54, 1.807) is 11.8 Å². The lowest BCUT2D eigenvalue weighted by atomic mass is 9.97. The van der Waals surface area contributed by atoms with E-state index in [9.17, 15) is 4.79 Å². The molecule has 0 spiro atoms. The van der Waals surface area contributed by atoms with Crippen molar-refractivity contribution in [1.29, 1.82) is 0 Å². The number of thioether (sulfide) groups is 1. The summed E-state index contributed by atoms with van der Waals surface area (Å²) in [6, 6.07) is 6.66. The summed E-state index contributed by atoms with van der Waals surface area (Å²) in [6.07, 6.45) is 5.44. The van der Waals surface area contributed by atoms with Crippen LogP contribution >= 0.6 is 11.8 Å². The maximum Gasteiger partial charge on any atom is 0.232 e. The lowest BCUT2D eigenvalue weighted by molar-refractivity contribution is -0.129. The first-order chi connectivity index (χ1) is 12.2. The number of fused-ring (bicyclic) bond motifs is 1. The Labute approximate surface area is 152 Å². The van der Waals surface area contributed by atoms with Gasteiger partial charge in [0.2, 0.25) is 11.8 Å². The maximum atomic E-state index is 12.5. The number of hydrogen-bond acceptors (Lipinski definition) is 5. The highest BCUT2D eigenvalue weighted by molar-refractivity contribution is 8.00. The van der Waals surface area contributed by atoms with E-state index in [1.807, 2.05) is 11.8 Å². The Morgan fingerprint density at radius 2 is 2.08 bits per heavy atom. The molecule has 1 fully saturated rings.